The smallest absolute Gasteiger partial charge is 0.287 e. The minimum Gasteiger partial charge on any atom is -0.349 e. The summed E-state index contributed by atoms with van der Waals surface area (Å²) < 4.78 is 13.2. The largest absolute Gasteiger partial charge is 0.349 e. The molecular weight excluding hydrogens is 233 g/mol. The molecule has 1 amide bonds. The molecule has 0 bridgehead atoms. The zero-order chi connectivity index (χ0) is 13.9. The summed E-state index contributed by atoms with van der Waals surface area (Å²) in [6.07, 6.45) is 0. The van der Waals surface area contributed by atoms with E-state index in [2.05, 4.69) is 5.32 Å². The molecular formula is C14H18FNO2. The van der Waals surface area contributed by atoms with Gasteiger partial charge in [-0.3, -0.25) is 9.59 Å². The molecule has 1 aromatic rings. The SMILES string of the molecule is CC(=O)C(=O)NCC(C)(C)c1ccc(F)c(C)c1. The fourth-order valence-corrected chi connectivity index (χ4v) is 1.59. The molecule has 0 heterocycles. The zero-order valence-corrected chi connectivity index (χ0v) is 11.1. The summed E-state index contributed by atoms with van der Waals surface area (Å²) in [5, 5.41) is 2.57. The van der Waals surface area contributed by atoms with Gasteiger partial charge in [0.2, 0.25) is 5.78 Å². The second-order valence-electron chi connectivity index (χ2n) is 5.09. The predicted octanol–water partition coefficient (Wildman–Crippen LogP) is 2.12. The fourth-order valence-electron chi connectivity index (χ4n) is 1.59. The van der Waals surface area contributed by atoms with Crippen molar-refractivity contribution in [3.05, 3.63) is 35.1 Å². The van der Waals surface area contributed by atoms with Crippen LogP contribution in [0, 0.1) is 12.7 Å². The van der Waals surface area contributed by atoms with E-state index in [9.17, 15) is 14.0 Å². The van der Waals surface area contributed by atoms with Crippen LogP contribution in [0.5, 0.6) is 0 Å². The molecule has 4 heteroatoms. The van der Waals surface area contributed by atoms with E-state index in [0.29, 0.717) is 12.1 Å². The van der Waals surface area contributed by atoms with Gasteiger partial charge in [-0.25, -0.2) is 4.39 Å². The van der Waals surface area contributed by atoms with Gasteiger partial charge in [0, 0.05) is 18.9 Å². The number of amides is 1. The number of halogens is 1. The summed E-state index contributed by atoms with van der Waals surface area (Å²) in [6.45, 7) is 7.12. The number of Topliss-reactive ketones (excluding diaryl/α,β-unsaturated/α-hetero) is 1. The van der Waals surface area contributed by atoms with Crippen molar-refractivity contribution >= 4 is 11.7 Å². The zero-order valence-electron chi connectivity index (χ0n) is 11.1. The Morgan fingerprint density at radius 3 is 2.44 bits per heavy atom. The van der Waals surface area contributed by atoms with Gasteiger partial charge in [-0.2, -0.15) is 0 Å². The lowest BCUT2D eigenvalue weighted by Gasteiger charge is -2.26. The van der Waals surface area contributed by atoms with Gasteiger partial charge in [0.1, 0.15) is 5.82 Å². The maximum atomic E-state index is 13.2. The van der Waals surface area contributed by atoms with Gasteiger partial charge in [0.25, 0.3) is 5.91 Å². The van der Waals surface area contributed by atoms with E-state index in [4.69, 9.17) is 0 Å². The summed E-state index contributed by atoms with van der Waals surface area (Å²) >= 11 is 0. The van der Waals surface area contributed by atoms with Crippen molar-refractivity contribution in [3.63, 3.8) is 0 Å². The van der Waals surface area contributed by atoms with E-state index in [-0.39, 0.29) is 11.2 Å². The number of hydrogen-bond acceptors (Lipinski definition) is 2. The van der Waals surface area contributed by atoms with Crippen LogP contribution >= 0.6 is 0 Å². The van der Waals surface area contributed by atoms with Crippen LogP contribution in [0.4, 0.5) is 4.39 Å². The van der Waals surface area contributed by atoms with Gasteiger partial charge >= 0.3 is 0 Å². The van der Waals surface area contributed by atoms with Crippen molar-refractivity contribution in [1.82, 2.24) is 5.32 Å². The third kappa shape index (κ3) is 3.39. The van der Waals surface area contributed by atoms with Gasteiger partial charge in [-0.1, -0.05) is 26.0 Å². The Balaban J connectivity index is 2.82. The van der Waals surface area contributed by atoms with Crippen LogP contribution in [-0.4, -0.2) is 18.2 Å². The van der Waals surface area contributed by atoms with Crippen LogP contribution in [0.15, 0.2) is 18.2 Å². The van der Waals surface area contributed by atoms with E-state index < -0.39 is 11.7 Å². The molecule has 0 aliphatic heterocycles. The number of carbonyl (C=O) groups is 2. The molecule has 98 valence electrons. The molecule has 1 aromatic carbocycles. The van der Waals surface area contributed by atoms with Crippen LogP contribution in [0.25, 0.3) is 0 Å². The molecule has 0 saturated carbocycles. The minimum atomic E-state index is -0.595. The third-order valence-corrected chi connectivity index (χ3v) is 2.95. The third-order valence-electron chi connectivity index (χ3n) is 2.95. The highest BCUT2D eigenvalue weighted by Crippen LogP contribution is 2.24. The van der Waals surface area contributed by atoms with Crippen molar-refractivity contribution in [2.45, 2.75) is 33.1 Å². The first kappa shape index (κ1) is 14.4. The second kappa shape index (κ2) is 5.29. The van der Waals surface area contributed by atoms with Crippen molar-refractivity contribution in [1.29, 1.82) is 0 Å². The van der Waals surface area contributed by atoms with Gasteiger partial charge in [-0.15, -0.1) is 0 Å². The molecule has 0 aliphatic rings. The second-order valence-corrected chi connectivity index (χ2v) is 5.09. The van der Waals surface area contributed by atoms with E-state index in [0.717, 1.165) is 5.56 Å². The van der Waals surface area contributed by atoms with Crippen LogP contribution in [-0.2, 0) is 15.0 Å². The number of nitrogens with one attached hydrogen (secondary N) is 1. The predicted molar refractivity (Wildman–Crippen MR) is 67.9 cm³/mol. The van der Waals surface area contributed by atoms with Gasteiger partial charge in [0.05, 0.1) is 0 Å². The van der Waals surface area contributed by atoms with Crippen LogP contribution in [0.1, 0.15) is 31.9 Å². The lowest BCUT2D eigenvalue weighted by Crippen LogP contribution is -2.39. The van der Waals surface area contributed by atoms with E-state index in [1.165, 1.54) is 13.0 Å². The molecule has 0 fully saturated rings. The monoisotopic (exact) mass is 251 g/mol. The summed E-state index contributed by atoms with van der Waals surface area (Å²) in [6, 6.07) is 4.87. The first-order valence-electron chi connectivity index (χ1n) is 5.79. The van der Waals surface area contributed by atoms with Crippen molar-refractivity contribution < 1.29 is 14.0 Å². The molecule has 3 nitrogen and oxygen atoms in total. The maximum absolute atomic E-state index is 13.2. The topological polar surface area (TPSA) is 46.2 Å². The highest BCUT2D eigenvalue weighted by Gasteiger charge is 2.22. The highest BCUT2D eigenvalue weighted by molar-refractivity contribution is 6.35. The summed E-state index contributed by atoms with van der Waals surface area (Å²) in [5.41, 5.74) is 1.13. The number of rotatable bonds is 4. The molecule has 1 N–H and O–H groups in total. The molecule has 0 aromatic heterocycles. The number of ketones is 1. The van der Waals surface area contributed by atoms with Crippen LogP contribution < -0.4 is 5.32 Å². The molecule has 0 aliphatic carbocycles. The van der Waals surface area contributed by atoms with E-state index in [1.54, 1.807) is 19.1 Å². The maximum Gasteiger partial charge on any atom is 0.287 e. The van der Waals surface area contributed by atoms with Gasteiger partial charge < -0.3 is 5.32 Å². The Labute approximate surface area is 106 Å². The Morgan fingerprint density at radius 1 is 1.33 bits per heavy atom. The van der Waals surface area contributed by atoms with E-state index in [1.807, 2.05) is 13.8 Å². The Kier molecular flexibility index (Phi) is 4.22. The molecule has 0 radical (unpaired) electrons. The fraction of sp³-hybridized carbons (Fsp3) is 0.429. The molecule has 0 atom stereocenters. The van der Waals surface area contributed by atoms with Crippen LogP contribution in [0.2, 0.25) is 0 Å². The molecule has 1 rings (SSSR count). The lowest BCUT2D eigenvalue weighted by atomic mass is 9.84. The van der Waals surface area contributed by atoms with Gasteiger partial charge in [0.15, 0.2) is 0 Å². The number of carbonyl (C=O) groups excluding carboxylic acids is 2. The Hall–Kier alpha value is -1.71. The first-order valence-corrected chi connectivity index (χ1v) is 5.79. The average molecular weight is 251 g/mol. The Bertz CT molecular complexity index is 481. The quantitative estimate of drug-likeness (QED) is 0.833. The number of benzene rings is 1. The molecule has 0 unspecified atom stereocenters. The summed E-state index contributed by atoms with van der Waals surface area (Å²) in [4.78, 5) is 22.1. The molecule has 0 spiro atoms. The average Bonchev–Trinajstić information content (AvgIpc) is 2.29. The molecule has 0 saturated heterocycles. The van der Waals surface area contributed by atoms with Crippen molar-refractivity contribution in [2.75, 3.05) is 6.54 Å². The number of hydrogen-bond donors (Lipinski definition) is 1. The highest BCUT2D eigenvalue weighted by atomic mass is 19.1. The first-order chi connectivity index (χ1) is 8.24. The summed E-state index contributed by atoms with van der Waals surface area (Å²) in [5.74, 6) is -1.36. The lowest BCUT2D eigenvalue weighted by molar-refractivity contribution is -0.136. The summed E-state index contributed by atoms with van der Waals surface area (Å²) in [7, 11) is 0. The standard InChI is InChI=1S/C14H18FNO2/c1-9-7-11(5-6-12(9)15)14(3,4)8-16-13(18)10(2)17/h5-7H,8H2,1-4H3,(H,16,18). The molecule has 18 heavy (non-hydrogen) atoms. The van der Waals surface area contributed by atoms with E-state index >= 15 is 0 Å². The number of aryl methyl sites for hydroxylation is 1. The minimum absolute atomic E-state index is 0.248. The van der Waals surface area contributed by atoms with Crippen molar-refractivity contribution in [2.24, 2.45) is 0 Å². The van der Waals surface area contributed by atoms with Gasteiger partial charge in [-0.05, 0) is 24.1 Å². The van der Waals surface area contributed by atoms with Crippen LogP contribution in [0.3, 0.4) is 0 Å². The normalized spacial score (nSPS) is 11.2. The Morgan fingerprint density at radius 2 is 1.94 bits per heavy atom. The van der Waals surface area contributed by atoms with Crippen molar-refractivity contribution in [3.8, 4) is 0 Å².